The number of nitriles is 1. The summed E-state index contributed by atoms with van der Waals surface area (Å²) in [6.45, 7) is 5.05. The smallest absolute Gasteiger partial charge is 0.268 e. The molecule has 27 heavy (non-hydrogen) atoms. The van der Waals surface area contributed by atoms with E-state index in [2.05, 4.69) is 15.6 Å². The van der Waals surface area contributed by atoms with Crippen molar-refractivity contribution in [3.63, 3.8) is 0 Å². The summed E-state index contributed by atoms with van der Waals surface area (Å²) in [7, 11) is 0. The van der Waals surface area contributed by atoms with E-state index in [0.717, 1.165) is 4.90 Å². The van der Waals surface area contributed by atoms with Crippen molar-refractivity contribution in [1.82, 2.24) is 20.5 Å². The van der Waals surface area contributed by atoms with Gasteiger partial charge in [0, 0.05) is 30.8 Å². The summed E-state index contributed by atoms with van der Waals surface area (Å²) in [5.74, 6) is -4.31. The fourth-order valence-electron chi connectivity index (χ4n) is 2.78. The Balaban J connectivity index is 2.02. The lowest BCUT2D eigenvalue weighted by atomic mass is 10.1. The predicted octanol–water partition coefficient (Wildman–Crippen LogP) is 1.46. The number of aromatic nitrogens is 1. The van der Waals surface area contributed by atoms with E-state index in [-0.39, 0.29) is 6.04 Å². The van der Waals surface area contributed by atoms with Crippen LogP contribution >= 0.6 is 0 Å². The molecule has 1 aromatic heterocycles. The second-order valence-corrected chi connectivity index (χ2v) is 6.94. The van der Waals surface area contributed by atoms with E-state index < -0.39 is 42.8 Å². The lowest BCUT2D eigenvalue weighted by molar-refractivity contribution is -0.134. The Morgan fingerprint density at radius 1 is 1.44 bits per heavy atom. The molecule has 146 valence electrons. The number of carbonyl (C=O) groups is 2. The predicted molar refractivity (Wildman–Crippen MR) is 93.8 cm³/mol. The Hall–Kier alpha value is -2.60. The minimum absolute atomic E-state index is 0.258. The highest BCUT2D eigenvalue weighted by molar-refractivity contribution is 5.97. The fourth-order valence-corrected chi connectivity index (χ4v) is 2.78. The summed E-state index contributed by atoms with van der Waals surface area (Å²) in [5, 5.41) is 14.7. The van der Waals surface area contributed by atoms with Gasteiger partial charge in [-0.05, 0) is 19.1 Å². The van der Waals surface area contributed by atoms with Crippen LogP contribution in [0.2, 0.25) is 0 Å². The second kappa shape index (κ2) is 8.39. The van der Waals surface area contributed by atoms with E-state index in [0.29, 0.717) is 17.8 Å². The van der Waals surface area contributed by atoms with E-state index in [4.69, 9.17) is 5.26 Å². The van der Waals surface area contributed by atoms with Crippen molar-refractivity contribution in [2.24, 2.45) is 0 Å². The van der Waals surface area contributed by atoms with Crippen LogP contribution in [0.3, 0.4) is 0 Å². The van der Waals surface area contributed by atoms with E-state index in [1.165, 1.54) is 19.2 Å². The third-order valence-corrected chi connectivity index (χ3v) is 4.19. The molecule has 0 radical (unpaired) electrons. The van der Waals surface area contributed by atoms with Gasteiger partial charge < -0.3 is 15.5 Å². The van der Waals surface area contributed by atoms with Crippen LogP contribution in [-0.4, -0.2) is 52.3 Å². The van der Waals surface area contributed by atoms with Crippen molar-refractivity contribution in [3.8, 4) is 6.07 Å². The van der Waals surface area contributed by atoms with Crippen LogP contribution in [0.25, 0.3) is 0 Å². The molecule has 1 fully saturated rings. The summed E-state index contributed by atoms with van der Waals surface area (Å²) in [5.41, 5.74) is 0.979. The van der Waals surface area contributed by atoms with Gasteiger partial charge in [0.1, 0.15) is 12.1 Å². The van der Waals surface area contributed by atoms with Gasteiger partial charge in [-0.2, -0.15) is 5.26 Å². The molecule has 7 nitrogen and oxygen atoms in total. The number of halogens is 2. The van der Waals surface area contributed by atoms with E-state index in [9.17, 15) is 18.4 Å². The molecule has 1 saturated heterocycles. The highest BCUT2D eigenvalue weighted by Gasteiger charge is 2.48. The SMILES string of the molecule is CC(C)NCc1cc(C(=O)N[C@H](C)C(=O)N2CC(F)(F)C[C@H]2C#N)ccn1. The van der Waals surface area contributed by atoms with Crippen LogP contribution in [0.4, 0.5) is 8.78 Å². The maximum Gasteiger partial charge on any atom is 0.268 e. The van der Waals surface area contributed by atoms with Gasteiger partial charge >= 0.3 is 0 Å². The molecule has 0 unspecified atom stereocenters. The summed E-state index contributed by atoms with van der Waals surface area (Å²) < 4.78 is 27.0. The van der Waals surface area contributed by atoms with Crippen LogP contribution in [0.1, 0.15) is 43.2 Å². The van der Waals surface area contributed by atoms with Gasteiger partial charge in [-0.1, -0.05) is 13.8 Å². The van der Waals surface area contributed by atoms with Gasteiger partial charge in [-0.25, -0.2) is 8.78 Å². The average Bonchev–Trinajstić information content (AvgIpc) is 2.94. The first kappa shape index (κ1) is 20.7. The molecule has 2 N–H and O–H groups in total. The standard InChI is InChI=1S/C18H23F2N5O2/c1-11(2)23-9-14-6-13(4-5-22-14)16(26)24-12(3)17(27)25-10-18(19,20)7-15(25)8-21/h4-6,11-12,15,23H,7,9-10H2,1-3H3,(H,24,26)/t12-,15+/m1/s1. The zero-order chi connectivity index (χ0) is 20.2. The first-order valence-electron chi connectivity index (χ1n) is 8.70. The van der Waals surface area contributed by atoms with Gasteiger partial charge in [-0.15, -0.1) is 0 Å². The van der Waals surface area contributed by atoms with Gasteiger partial charge in [0.05, 0.1) is 18.3 Å². The topological polar surface area (TPSA) is 98.1 Å². The Morgan fingerprint density at radius 2 is 2.15 bits per heavy atom. The van der Waals surface area contributed by atoms with Gasteiger partial charge in [0.15, 0.2) is 0 Å². The van der Waals surface area contributed by atoms with Crippen molar-refractivity contribution in [3.05, 3.63) is 29.6 Å². The third-order valence-electron chi connectivity index (χ3n) is 4.19. The molecule has 1 aromatic rings. The van der Waals surface area contributed by atoms with Gasteiger partial charge in [0.2, 0.25) is 5.91 Å². The summed E-state index contributed by atoms with van der Waals surface area (Å²) in [6, 6.07) is 2.86. The first-order valence-corrected chi connectivity index (χ1v) is 8.70. The molecule has 0 saturated carbocycles. The molecule has 2 atom stereocenters. The summed E-state index contributed by atoms with van der Waals surface area (Å²) in [6.07, 6.45) is 0.804. The third kappa shape index (κ3) is 5.44. The number of hydrogen-bond donors (Lipinski definition) is 2. The van der Waals surface area contributed by atoms with Crippen LogP contribution in [0.15, 0.2) is 18.3 Å². The number of carbonyl (C=O) groups excluding carboxylic acids is 2. The fraction of sp³-hybridized carbons (Fsp3) is 0.556. The van der Waals surface area contributed by atoms with Crippen molar-refractivity contribution >= 4 is 11.8 Å². The molecule has 2 heterocycles. The maximum atomic E-state index is 13.5. The molecule has 0 bridgehead atoms. The molecule has 2 amide bonds. The monoisotopic (exact) mass is 379 g/mol. The number of amides is 2. The molecule has 0 aromatic carbocycles. The van der Waals surface area contributed by atoms with Gasteiger partial charge in [0.25, 0.3) is 11.8 Å². The van der Waals surface area contributed by atoms with E-state index >= 15 is 0 Å². The summed E-state index contributed by atoms with van der Waals surface area (Å²) >= 11 is 0. The number of nitrogens with zero attached hydrogens (tertiary/aromatic N) is 3. The largest absolute Gasteiger partial charge is 0.341 e. The first-order chi connectivity index (χ1) is 12.6. The Morgan fingerprint density at radius 3 is 2.78 bits per heavy atom. The molecule has 9 heteroatoms. The quantitative estimate of drug-likeness (QED) is 0.780. The molecule has 0 spiro atoms. The van der Waals surface area contributed by atoms with Crippen molar-refractivity contribution in [2.45, 2.75) is 57.8 Å². The number of hydrogen-bond acceptors (Lipinski definition) is 5. The zero-order valence-corrected chi connectivity index (χ0v) is 15.5. The van der Waals surface area contributed by atoms with Crippen LogP contribution in [0, 0.1) is 11.3 Å². The molecule has 1 aliphatic heterocycles. The number of rotatable bonds is 6. The highest BCUT2D eigenvalue weighted by Crippen LogP contribution is 2.32. The number of nitrogens with one attached hydrogen (secondary N) is 2. The summed E-state index contributed by atoms with van der Waals surface area (Å²) in [4.78, 5) is 29.8. The number of pyridine rings is 1. The minimum atomic E-state index is -3.09. The van der Waals surface area contributed by atoms with Crippen LogP contribution in [-0.2, 0) is 11.3 Å². The van der Waals surface area contributed by atoms with Crippen LogP contribution < -0.4 is 10.6 Å². The molecular formula is C18H23F2N5O2. The second-order valence-electron chi connectivity index (χ2n) is 6.94. The van der Waals surface area contributed by atoms with Crippen molar-refractivity contribution in [1.29, 1.82) is 5.26 Å². The molecule has 2 rings (SSSR count). The Labute approximate surface area is 156 Å². The average molecular weight is 379 g/mol. The van der Waals surface area contributed by atoms with Crippen LogP contribution in [0.5, 0.6) is 0 Å². The number of likely N-dealkylation sites (tertiary alicyclic amines) is 1. The maximum absolute atomic E-state index is 13.5. The van der Waals surface area contributed by atoms with E-state index in [1.807, 2.05) is 13.8 Å². The van der Waals surface area contributed by atoms with Crippen molar-refractivity contribution in [2.75, 3.05) is 6.54 Å². The van der Waals surface area contributed by atoms with Crippen molar-refractivity contribution < 1.29 is 18.4 Å². The highest BCUT2D eigenvalue weighted by atomic mass is 19.3. The Bertz CT molecular complexity index is 748. The minimum Gasteiger partial charge on any atom is -0.341 e. The molecular weight excluding hydrogens is 356 g/mol. The molecule has 1 aliphatic rings. The molecule has 0 aliphatic carbocycles. The lowest BCUT2D eigenvalue weighted by Crippen LogP contribution is -2.48. The normalized spacial score (nSPS) is 19.6. The van der Waals surface area contributed by atoms with Gasteiger partial charge in [-0.3, -0.25) is 14.6 Å². The number of alkyl halides is 2. The Kier molecular flexibility index (Phi) is 6.44. The van der Waals surface area contributed by atoms with E-state index in [1.54, 1.807) is 12.1 Å². The lowest BCUT2D eigenvalue weighted by Gasteiger charge is -2.23. The zero-order valence-electron chi connectivity index (χ0n) is 15.5.